The van der Waals surface area contributed by atoms with Gasteiger partial charge in [-0.15, -0.1) is 12.4 Å². The summed E-state index contributed by atoms with van der Waals surface area (Å²) in [7, 11) is 1.38. The zero-order valence-electron chi connectivity index (χ0n) is 9.07. The first-order valence-electron chi connectivity index (χ1n) is 4.55. The molecule has 0 aliphatic rings. The van der Waals surface area contributed by atoms with Gasteiger partial charge in [-0.2, -0.15) is 0 Å². The fraction of sp³-hybridized carbons (Fsp3) is 0.300. The second kappa shape index (κ2) is 7.16. The van der Waals surface area contributed by atoms with E-state index in [1.807, 2.05) is 0 Å². The number of anilines is 1. The lowest BCUT2D eigenvalue weighted by Gasteiger charge is -2.11. The Morgan fingerprint density at radius 1 is 1.53 bits per heavy atom. The van der Waals surface area contributed by atoms with Crippen molar-refractivity contribution in [3.8, 4) is 0 Å². The Balaban J connectivity index is 0.00000256. The van der Waals surface area contributed by atoms with Gasteiger partial charge < -0.3 is 15.8 Å². The molecule has 0 aliphatic heterocycles. The van der Waals surface area contributed by atoms with Crippen molar-refractivity contribution in [3.63, 3.8) is 0 Å². The molecule has 0 saturated carbocycles. The van der Waals surface area contributed by atoms with E-state index in [9.17, 15) is 13.6 Å². The molecular weight excluding hydrogens is 254 g/mol. The van der Waals surface area contributed by atoms with Crippen LogP contribution in [-0.2, 0) is 9.53 Å². The van der Waals surface area contributed by atoms with E-state index in [1.54, 1.807) is 0 Å². The Morgan fingerprint density at radius 2 is 2.18 bits per heavy atom. The lowest BCUT2D eigenvalue weighted by atomic mass is 10.2. The van der Waals surface area contributed by atoms with Crippen LogP contribution in [0.25, 0.3) is 0 Å². The van der Waals surface area contributed by atoms with Crippen LogP contribution in [0, 0.1) is 11.6 Å². The third kappa shape index (κ3) is 4.26. The minimum Gasteiger partial charge on any atom is -0.383 e. The number of halogens is 3. The molecule has 0 fully saturated rings. The second-order valence-corrected chi connectivity index (χ2v) is 3.15. The monoisotopic (exact) mass is 266 g/mol. The molecule has 1 aromatic carbocycles. The van der Waals surface area contributed by atoms with Gasteiger partial charge in [0.25, 0.3) is 0 Å². The molecule has 0 aliphatic carbocycles. The molecule has 1 atom stereocenters. The van der Waals surface area contributed by atoms with Crippen molar-refractivity contribution in [2.45, 2.75) is 6.04 Å². The largest absolute Gasteiger partial charge is 0.383 e. The Labute approximate surface area is 104 Å². The summed E-state index contributed by atoms with van der Waals surface area (Å²) < 4.78 is 30.6. The first kappa shape index (κ1) is 15.8. The molecule has 3 N–H and O–H groups in total. The van der Waals surface area contributed by atoms with E-state index in [4.69, 9.17) is 5.73 Å². The van der Waals surface area contributed by atoms with Gasteiger partial charge >= 0.3 is 0 Å². The average Bonchev–Trinajstić information content (AvgIpc) is 2.25. The number of rotatable bonds is 4. The Morgan fingerprint density at radius 3 is 2.76 bits per heavy atom. The van der Waals surface area contributed by atoms with E-state index >= 15 is 0 Å². The summed E-state index contributed by atoms with van der Waals surface area (Å²) in [5.74, 6) is -2.77. The molecule has 1 unspecified atom stereocenters. The van der Waals surface area contributed by atoms with E-state index < -0.39 is 23.6 Å². The van der Waals surface area contributed by atoms with Gasteiger partial charge in [0.2, 0.25) is 5.91 Å². The van der Waals surface area contributed by atoms with Crippen molar-refractivity contribution < 1.29 is 18.3 Å². The van der Waals surface area contributed by atoms with Crippen molar-refractivity contribution in [3.05, 3.63) is 29.8 Å². The highest BCUT2D eigenvalue weighted by Gasteiger charge is 2.16. The summed E-state index contributed by atoms with van der Waals surface area (Å²) in [5.41, 5.74) is 5.17. The maximum Gasteiger partial charge on any atom is 0.243 e. The van der Waals surface area contributed by atoms with Crippen LogP contribution in [0.1, 0.15) is 0 Å². The molecule has 1 amide bonds. The molecule has 0 radical (unpaired) electrons. The Kier molecular flexibility index (Phi) is 6.64. The van der Waals surface area contributed by atoms with Crippen molar-refractivity contribution in [1.82, 2.24) is 0 Å². The number of benzene rings is 1. The van der Waals surface area contributed by atoms with E-state index in [2.05, 4.69) is 10.1 Å². The van der Waals surface area contributed by atoms with Gasteiger partial charge in [0.05, 0.1) is 12.3 Å². The fourth-order valence-corrected chi connectivity index (χ4v) is 1.08. The van der Waals surface area contributed by atoms with Gasteiger partial charge in [0.15, 0.2) is 11.6 Å². The zero-order chi connectivity index (χ0) is 12.1. The lowest BCUT2D eigenvalue weighted by molar-refractivity contribution is -0.118. The number of methoxy groups -OCH3 is 1. The summed E-state index contributed by atoms with van der Waals surface area (Å²) in [6, 6.07) is 2.57. The predicted molar refractivity (Wildman–Crippen MR) is 62.1 cm³/mol. The van der Waals surface area contributed by atoms with Crippen molar-refractivity contribution in [2.24, 2.45) is 5.73 Å². The predicted octanol–water partition coefficient (Wildman–Crippen LogP) is 1.30. The maximum absolute atomic E-state index is 13.1. The SMILES string of the molecule is COCC(N)C(=O)Nc1cccc(F)c1F.Cl. The van der Waals surface area contributed by atoms with E-state index in [1.165, 1.54) is 19.2 Å². The highest BCUT2D eigenvalue weighted by atomic mass is 35.5. The fourth-order valence-electron chi connectivity index (χ4n) is 1.08. The summed E-state index contributed by atoms with van der Waals surface area (Å²) in [6.07, 6.45) is 0. The van der Waals surface area contributed by atoms with Crippen LogP contribution in [0.2, 0.25) is 0 Å². The molecule has 0 heterocycles. The van der Waals surface area contributed by atoms with Crippen LogP contribution in [0.5, 0.6) is 0 Å². The van der Waals surface area contributed by atoms with Gasteiger partial charge in [-0.05, 0) is 12.1 Å². The molecule has 96 valence electrons. The molecule has 0 aromatic heterocycles. The van der Waals surface area contributed by atoms with E-state index in [0.717, 1.165) is 6.07 Å². The number of hydrogen-bond acceptors (Lipinski definition) is 3. The van der Waals surface area contributed by atoms with E-state index in [-0.39, 0.29) is 24.7 Å². The van der Waals surface area contributed by atoms with Crippen molar-refractivity contribution in [1.29, 1.82) is 0 Å². The highest BCUT2D eigenvalue weighted by molar-refractivity contribution is 5.94. The Hall–Kier alpha value is -1.24. The topological polar surface area (TPSA) is 64.3 Å². The van der Waals surface area contributed by atoms with Gasteiger partial charge in [-0.1, -0.05) is 6.07 Å². The quantitative estimate of drug-likeness (QED) is 0.863. The number of ether oxygens (including phenoxy) is 1. The van der Waals surface area contributed by atoms with Crippen LogP contribution in [0.15, 0.2) is 18.2 Å². The zero-order valence-corrected chi connectivity index (χ0v) is 9.89. The first-order chi connectivity index (χ1) is 7.56. The molecule has 4 nitrogen and oxygen atoms in total. The van der Waals surface area contributed by atoms with Crippen LogP contribution >= 0.6 is 12.4 Å². The smallest absolute Gasteiger partial charge is 0.243 e. The van der Waals surface area contributed by atoms with Gasteiger partial charge in [-0.3, -0.25) is 4.79 Å². The maximum atomic E-state index is 13.1. The number of carbonyl (C=O) groups is 1. The number of carbonyl (C=O) groups excluding carboxylic acids is 1. The van der Waals surface area contributed by atoms with Crippen LogP contribution < -0.4 is 11.1 Å². The van der Waals surface area contributed by atoms with Crippen LogP contribution in [0.3, 0.4) is 0 Å². The second-order valence-electron chi connectivity index (χ2n) is 3.15. The summed E-state index contributed by atoms with van der Waals surface area (Å²) in [6.45, 7) is 0.00275. The van der Waals surface area contributed by atoms with Gasteiger partial charge in [0, 0.05) is 7.11 Å². The summed E-state index contributed by atoms with van der Waals surface area (Å²) in [5, 5.41) is 2.18. The standard InChI is InChI=1S/C10H12F2N2O2.ClH/c1-16-5-7(13)10(15)14-8-4-2-3-6(11)9(8)12;/h2-4,7H,5,13H2,1H3,(H,14,15);1H. The van der Waals surface area contributed by atoms with Crippen LogP contribution in [-0.4, -0.2) is 25.7 Å². The number of nitrogens with one attached hydrogen (secondary N) is 1. The number of hydrogen-bond donors (Lipinski definition) is 2. The molecular formula is C10H13ClF2N2O2. The average molecular weight is 267 g/mol. The molecule has 17 heavy (non-hydrogen) atoms. The first-order valence-corrected chi connectivity index (χ1v) is 4.55. The number of nitrogens with two attached hydrogens (primary N) is 1. The molecule has 7 heteroatoms. The summed E-state index contributed by atoms with van der Waals surface area (Å²) >= 11 is 0. The molecule has 1 aromatic rings. The number of amides is 1. The third-order valence-corrected chi connectivity index (χ3v) is 1.89. The summed E-state index contributed by atoms with van der Waals surface area (Å²) in [4.78, 5) is 11.4. The van der Waals surface area contributed by atoms with E-state index in [0.29, 0.717) is 0 Å². The molecule has 1 rings (SSSR count). The van der Waals surface area contributed by atoms with Crippen LogP contribution in [0.4, 0.5) is 14.5 Å². The lowest BCUT2D eigenvalue weighted by Crippen LogP contribution is -2.39. The Bertz CT molecular complexity index is 391. The highest BCUT2D eigenvalue weighted by Crippen LogP contribution is 2.16. The molecule has 0 saturated heterocycles. The third-order valence-electron chi connectivity index (χ3n) is 1.89. The normalized spacial score (nSPS) is 11.5. The van der Waals surface area contributed by atoms with Gasteiger partial charge in [-0.25, -0.2) is 8.78 Å². The molecule has 0 bridgehead atoms. The minimum atomic E-state index is -1.11. The minimum absolute atomic E-state index is 0. The van der Waals surface area contributed by atoms with Gasteiger partial charge in [0.1, 0.15) is 6.04 Å². The van der Waals surface area contributed by atoms with Crippen molar-refractivity contribution in [2.75, 3.05) is 19.0 Å². The van der Waals surface area contributed by atoms with Crippen molar-refractivity contribution >= 4 is 24.0 Å². The molecule has 0 spiro atoms.